The van der Waals surface area contributed by atoms with Crippen LogP contribution in [0.15, 0.2) is 18.3 Å². The Labute approximate surface area is 82.8 Å². The fourth-order valence-corrected chi connectivity index (χ4v) is 1.36. The van der Waals surface area contributed by atoms with Crippen molar-refractivity contribution >= 4 is 12.4 Å². The number of hydrogen-bond donors (Lipinski definition) is 1. The molecule has 1 saturated carbocycles. The molecule has 4 heteroatoms. The summed E-state index contributed by atoms with van der Waals surface area (Å²) in [4.78, 5) is 3.56. The highest BCUT2D eigenvalue weighted by Gasteiger charge is 2.31. The van der Waals surface area contributed by atoms with Crippen molar-refractivity contribution in [3.05, 3.63) is 29.8 Å². The lowest BCUT2D eigenvalue weighted by Gasteiger charge is -2.09. The summed E-state index contributed by atoms with van der Waals surface area (Å²) in [5, 5.41) is 0. The van der Waals surface area contributed by atoms with Crippen LogP contribution in [0.5, 0.6) is 0 Å². The summed E-state index contributed by atoms with van der Waals surface area (Å²) in [7, 11) is 0. The number of hydrogen-bond acceptors (Lipinski definition) is 2. The number of pyridine rings is 1. The zero-order chi connectivity index (χ0) is 8.55. The first kappa shape index (κ1) is 10.4. The molecule has 0 radical (unpaired) electrons. The maximum atomic E-state index is 13.0. The van der Waals surface area contributed by atoms with Gasteiger partial charge in [0, 0.05) is 17.8 Å². The molecule has 2 rings (SSSR count). The summed E-state index contributed by atoms with van der Waals surface area (Å²) in [6.07, 6.45) is 3.68. The molecular weight excluding hydrogens is 191 g/mol. The quantitative estimate of drug-likeness (QED) is 0.746. The standard InChI is InChI=1S/C9H11FN2.ClH/c10-9-7(2-1-5-12-9)8(11)6-3-4-6;/h1-2,5-6,8H,3-4,11H2;1H/t8-;/m1./s1. The maximum Gasteiger partial charge on any atom is 0.217 e. The highest BCUT2D eigenvalue weighted by atomic mass is 35.5. The Bertz CT molecular complexity index is 289. The van der Waals surface area contributed by atoms with Gasteiger partial charge in [0.2, 0.25) is 5.95 Å². The molecule has 13 heavy (non-hydrogen) atoms. The number of aromatic nitrogens is 1. The molecular formula is C9H12ClFN2. The average molecular weight is 203 g/mol. The van der Waals surface area contributed by atoms with Crippen molar-refractivity contribution in [3.63, 3.8) is 0 Å². The molecule has 0 saturated heterocycles. The zero-order valence-corrected chi connectivity index (χ0v) is 7.93. The summed E-state index contributed by atoms with van der Waals surface area (Å²) in [5.41, 5.74) is 6.38. The third-order valence-electron chi connectivity index (χ3n) is 2.28. The van der Waals surface area contributed by atoms with E-state index in [2.05, 4.69) is 4.98 Å². The van der Waals surface area contributed by atoms with Crippen LogP contribution in [0, 0.1) is 11.9 Å². The summed E-state index contributed by atoms with van der Waals surface area (Å²) < 4.78 is 13.0. The minimum absolute atomic E-state index is 0. The number of rotatable bonds is 2. The van der Waals surface area contributed by atoms with Gasteiger partial charge in [-0.3, -0.25) is 0 Å². The van der Waals surface area contributed by atoms with E-state index < -0.39 is 5.95 Å². The van der Waals surface area contributed by atoms with Gasteiger partial charge in [-0.25, -0.2) is 4.98 Å². The van der Waals surface area contributed by atoms with Crippen LogP contribution in [0.2, 0.25) is 0 Å². The van der Waals surface area contributed by atoms with Gasteiger partial charge in [0.15, 0.2) is 0 Å². The minimum Gasteiger partial charge on any atom is -0.324 e. The first-order valence-corrected chi connectivity index (χ1v) is 4.15. The van der Waals surface area contributed by atoms with Gasteiger partial charge in [0.1, 0.15) is 0 Å². The lowest BCUT2D eigenvalue weighted by molar-refractivity contribution is 0.524. The molecule has 72 valence electrons. The van der Waals surface area contributed by atoms with Crippen LogP contribution in [0.25, 0.3) is 0 Å². The molecule has 2 nitrogen and oxygen atoms in total. The van der Waals surface area contributed by atoms with Crippen molar-refractivity contribution < 1.29 is 4.39 Å². The molecule has 0 amide bonds. The van der Waals surface area contributed by atoms with Crippen molar-refractivity contribution in [3.8, 4) is 0 Å². The van der Waals surface area contributed by atoms with Gasteiger partial charge >= 0.3 is 0 Å². The summed E-state index contributed by atoms with van der Waals surface area (Å²) in [5.74, 6) is 0.0561. The lowest BCUT2D eigenvalue weighted by atomic mass is 10.1. The highest BCUT2D eigenvalue weighted by molar-refractivity contribution is 5.85. The molecule has 1 aromatic rings. The van der Waals surface area contributed by atoms with Gasteiger partial charge in [0.25, 0.3) is 0 Å². The molecule has 0 aliphatic heterocycles. The Morgan fingerprint density at radius 2 is 2.23 bits per heavy atom. The fraction of sp³-hybridized carbons (Fsp3) is 0.444. The first-order valence-electron chi connectivity index (χ1n) is 4.15. The average Bonchev–Trinajstić information content (AvgIpc) is 2.86. The van der Waals surface area contributed by atoms with Crippen molar-refractivity contribution in [2.45, 2.75) is 18.9 Å². The maximum absolute atomic E-state index is 13.0. The van der Waals surface area contributed by atoms with Crippen LogP contribution in [0.3, 0.4) is 0 Å². The van der Waals surface area contributed by atoms with Crippen molar-refractivity contribution in [2.75, 3.05) is 0 Å². The molecule has 0 unspecified atom stereocenters. The molecule has 0 aromatic carbocycles. The van der Waals surface area contributed by atoms with E-state index in [9.17, 15) is 4.39 Å². The van der Waals surface area contributed by atoms with E-state index >= 15 is 0 Å². The van der Waals surface area contributed by atoms with E-state index in [-0.39, 0.29) is 18.4 Å². The van der Waals surface area contributed by atoms with Crippen LogP contribution in [0.1, 0.15) is 24.4 Å². The van der Waals surface area contributed by atoms with E-state index in [4.69, 9.17) is 5.73 Å². The van der Waals surface area contributed by atoms with E-state index in [0.717, 1.165) is 12.8 Å². The number of halogens is 2. The molecule has 1 fully saturated rings. The molecule has 0 spiro atoms. The third-order valence-corrected chi connectivity index (χ3v) is 2.28. The van der Waals surface area contributed by atoms with E-state index in [1.165, 1.54) is 6.20 Å². The Balaban J connectivity index is 0.000000845. The van der Waals surface area contributed by atoms with E-state index in [1.807, 2.05) is 0 Å². The largest absolute Gasteiger partial charge is 0.324 e. The second-order valence-corrected chi connectivity index (χ2v) is 3.25. The number of nitrogens with zero attached hydrogens (tertiary/aromatic N) is 1. The van der Waals surface area contributed by atoms with Gasteiger partial charge < -0.3 is 5.73 Å². The van der Waals surface area contributed by atoms with Gasteiger partial charge in [-0.2, -0.15) is 4.39 Å². The zero-order valence-electron chi connectivity index (χ0n) is 7.11. The van der Waals surface area contributed by atoms with Crippen LogP contribution in [-0.2, 0) is 0 Å². The fourth-order valence-electron chi connectivity index (χ4n) is 1.36. The normalized spacial score (nSPS) is 17.7. The Morgan fingerprint density at radius 1 is 1.54 bits per heavy atom. The second-order valence-electron chi connectivity index (χ2n) is 3.25. The molecule has 1 aliphatic carbocycles. The predicted octanol–water partition coefficient (Wildman–Crippen LogP) is 2.05. The van der Waals surface area contributed by atoms with Crippen LogP contribution in [-0.4, -0.2) is 4.98 Å². The van der Waals surface area contributed by atoms with Crippen LogP contribution in [0.4, 0.5) is 4.39 Å². The SMILES string of the molecule is Cl.N[C@@H](c1cccnc1F)C1CC1. The second kappa shape index (κ2) is 4.03. The Kier molecular flexibility index (Phi) is 3.22. The molecule has 2 N–H and O–H groups in total. The monoisotopic (exact) mass is 202 g/mol. The van der Waals surface area contributed by atoms with E-state index in [1.54, 1.807) is 12.1 Å². The highest BCUT2D eigenvalue weighted by Crippen LogP contribution is 2.39. The van der Waals surface area contributed by atoms with Crippen molar-refractivity contribution in [2.24, 2.45) is 11.7 Å². The van der Waals surface area contributed by atoms with Crippen LogP contribution < -0.4 is 5.73 Å². The van der Waals surface area contributed by atoms with Crippen molar-refractivity contribution in [1.82, 2.24) is 4.98 Å². The Morgan fingerprint density at radius 3 is 2.77 bits per heavy atom. The number of nitrogens with two attached hydrogens (primary N) is 1. The first-order chi connectivity index (χ1) is 5.79. The molecule has 1 aliphatic rings. The summed E-state index contributed by atoms with van der Waals surface area (Å²) in [6.45, 7) is 0. The summed E-state index contributed by atoms with van der Waals surface area (Å²) >= 11 is 0. The smallest absolute Gasteiger partial charge is 0.217 e. The predicted molar refractivity (Wildman–Crippen MR) is 51.1 cm³/mol. The lowest BCUT2D eigenvalue weighted by Crippen LogP contribution is -2.14. The van der Waals surface area contributed by atoms with Crippen LogP contribution >= 0.6 is 12.4 Å². The van der Waals surface area contributed by atoms with E-state index in [0.29, 0.717) is 11.5 Å². The summed E-state index contributed by atoms with van der Waals surface area (Å²) in [6, 6.07) is 3.28. The van der Waals surface area contributed by atoms with Gasteiger partial charge in [0.05, 0.1) is 0 Å². The van der Waals surface area contributed by atoms with Crippen molar-refractivity contribution in [1.29, 1.82) is 0 Å². The third kappa shape index (κ3) is 2.17. The minimum atomic E-state index is -0.420. The molecule has 1 atom stereocenters. The molecule has 1 heterocycles. The molecule has 0 bridgehead atoms. The topological polar surface area (TPSA) is 38.9 Å². The van der Waals surface area contributed by atoms with Gasteiger partial charge in [-0.1, -0.05) is 6.07 Å². The Hall–Kier alpha value is -0.670. The van der Waals surface area contributed by atoms with Gasteiger partial charge in [-0.15, -0.1) is 12.4 Å². The molecule has 1 aromatic heterocycles. The van der Waals surface area contributed by atoms with Gasteiger partial charge in [-0.05, 0) is 24.8 Å².